The molecule has 0 spiro atoms. The molecule has 0 saturated heterocycles. The molecule has 0 heterocycles. The monoisotopic (exact) mass is 251 g/mol. The quantitative estimate of drug-likeness (QED) is 0.856. The van der Waals surface area contributed by atoms with Gasteiger partial charge in [0.15, 0.2) is 0 Å². The lowest BCUT2D eigenvalue weighted by Gasteiger charge is -2.09. The largest absolute Gasteiger partial charge is 0.416 e. The lowest BCUT2D eigenvalue weighted by molar-refractivity contribution is -0.137. The van der Waals surface area contributed by atoms with Crippen LogP contribution in [0.25, 0.3) is 0 Å². The molecule has 0 bridgehead atoms. The highest BCUT2D eigenvalue weighted by molar-refractivity contribution is 5.45. The molecule has 2 aromatic rings. The molecule has 0 radical (unpaired) electrons. The van der Waals surface area contributed by atoms with Crippen molar-refractivity contribution in [3.63, 3.8) is 0 Å². The molecule has 1 N–H and O–H groups in total. The van der Waals surface area contributed by atoms with E-state index in [0.717, 1.165) is 17.7 Å². The third kappa shape index (κ3) is 3.26. The molecular weight excluding hydrogens is 239 g/mol. The van der Waals surface area contributed by atoms with Gasteiger partial charge in [-0.2, -0.15) is 13.2 Å². The molecular formula is C14H12F3N. The summed E-state index contributed by atoms with van der Waals surface area (Å²) in [7, 11) is 0. The van der Waals surface area contributed by atoms with E-state index in [2.05, 4.69) is 5.32 Å². The molecule has 0 atom stereocenters. The van der Waals surface area contributed by atoms with Crippen LogP contribution in [-0.2, 0) is 12.7 Å². The fourth-order valence-corrected chi connectivity index (χ4v) is 1.58. The predicted molar refractivity (Wildman–Crippen MR) is 65.2 cm³/mol. The van der Waals surface area contributed by atoms with Gasteiger partial charge in [0.05, 0.1) is 5.56 Å². The van der Waals surface area contributed by atoms with E-state index in [4.69, 9.17) is 0 Å². The zero-order valence-corrected chi connectivity index (χ0v) is 9.54. The molecule has 0 aromatic heterocycles. The molecule has 0 aliphatic heterocycles. The lowest BCUT2D eigenvalue weighted by atomic mass is 10.2. The first kappa shape index (κ1) is 12.5. The molecule has 0 aliphatic carbocycles. The van der Waals surface area contributed by atoms with Crippen molar-refractivity contribution in [1.29, 1.82) is 0 Å². The van der Waals surface area contributed by atoms with Crippen LogP contribution in [0.2, 0.25) is 0 Å². The van der Waals surface area contributed by atoms with Gasteiger partial charge >= 0.3 is 6.18 Å². The summed E-state index contributed by atoms with van der Waals surface area (Å²) in [6.45, 7) is 0.589. The first-order valence-electron chi connectivity index (χ1n) is 5.51. The van der Waals surface area contributed by atoms with E-state index in [-0.39, 0.29) is 0 Å². The minimum absolute atomic E-state index is 0.589. The highest BCUT2D eigenvalue weighted by atomic mass is 19.4. The Morgan fingerprint density at radius 1 is 0.833 bits per heavy atom. The Hall–Kier alpha value is -1.97. The van der Waals surface area contributed by atoms with E-state index in [0.29, 0.717) is 12.2 Å². The van der Waals surface area contributed by atoms with Crippen molar-refractivity contribution in [3.05, 3.63) is 65.7 Å². The summed E-state index contributed by atoms with van der Waals surface area (Å²) in [5.41, 5.74) is 1.12. The molecule has 4 heteroatoms. The Labute approximate surface area is 103 Å². The smallest absolute Gasteiger partial charge is 0.381 e. The summed E-state index contributed by atoms with van der Waals surface area (Å²) in [6, 6.07) is 14.7. The van der Waals surface area contributed by atoms with Gasteiger partial charge < -0.3 is 5.32 Å². The van der Waals surface area contributed by atoms with E-state index >= 15 is 0 Å². The average Bonchev–Trinajstić information content (AvgIpc) is 2.37. The second kappa shape index (κ2) is 5.12. The zero-order chi connectivity index (χ0) is 13.0. The Morgan fingerprint density at radius 3 is 2.00 bits per heavy atom. The van der Waals surface area contributed by atoms with Gasteiger partial charge in [0.25, 0.3) is 0 Å². The number of rotatable bonds is 3. The Bertz CT molecular complexity index is 489. The van der Waals surface area contributed by atoms with Crippen LogP contribution in [0.1, 0.15) is 11.1 Å². The third-order valence-corrected chi connectivity index (χ3v) is 2.55. The second-order valence-electron chi connectivity index (χ2n) is 3.91. The number of benzene rings is 2. The van der Waals surface area contributed by atoms with Gasteiger partial charge in [-0.1, -0.05) is 30.3 Å². The minimum atomic E-state index is -4.28. The number of halogens is 3. The van der Waals surface area contributed by atoms with Crippen molar-refractivity contribution in [1.82, 2.24) is 0 Å². The van der Waals surface area contributed by atoms with Crippen molar-refractivity contribution >= 4 is 5.69 Å². The summed E-state index contributed by atoms with van der Waals surface area (Å²) in [5.74, 6) is 0. The van der Waals surface area contributed by atoms with Gasteiger partial charge in [0, 0.05) is 12.2 Å². The van der Waals surface area contributed by atoms with Gasteiger partial charge in [-0.25, -0.2) is 0 Å². The van der Waals surface area contributed by atoms with Gasteiger partial charge in [-0.05, 0) is 29.8 Å². The van der Waals surface area contributed by atoms with Crippen molar-refractivity contribution in [2.45, 2.75) is 12.7 Å². The molecule has 18 heavy (non-hydrogen) atoms. The second-order valence-corrected chi connectivity index (χ2v) is 3.91. The number of alkyl halides is 3. The maximum absolute atomic E-state index is 12.3. The lowest BCUT2D eigenvalue weighted by Crippen LogP contribution is -2.05. The molecule has 0 saturated carbocycles. The summed E-state index contributed by atoms with van der Waals surface area (Å²) in [4.78, 5) is 0. The fraction of sp³-hybridized carbons (Fsp3) is 0.143. The van der Waals surface area contributed by atoms with Crippen LogP contribution in [0.4, 0.5) is 18.9 Å². The van der Waals surface area contributed by atoms with Crippen molar-refractivity contribution < 1.29 is 13.2 Å². The van der Waals surface area contributed by atoms with Crippen LogP contribution in [0.15, 0.2) is 54.6 Å². The minimum Gasteiger partial charge on any atom is -0.381 e. The van der Waals surface area contributed by atoms with E-state index < -0.39 is 11.7 Å². The number of hydrogen-bond acceptors (Lipinski definition) is 1. The molecule has 0 unspecified atom stereocenters. The predicted octanol–water partition coefficient (Wildman–Crippen LogP) is 4.32. The summed E-state index contributed by atoms with van der Waals surface area (Å²) in [5, 5.41) is 3.07. The first-order chi connectivity index (χ1) is 8.55. The van der Waals surface area contributed by atoms with Crippen LogP contribution in [0.3, 0.4) is 0 Å². The fourth-order valence-electron chi connectivity index (χ4n) is 1.58. The highest BCUT2D eigenvalue weighted by Crippen LogP contribution is 2.29. The maximum Gasteiger partial charge on any atom is 0.416 e. The molecule has 1 nitrogen and oxygen atoms in total. The molecule has 2 aromatic carbocycles. The summed E-state index contributed by atoms with van der Waals surface area (Å²) in [6.07, 6.45) is -4.28. The van der Waals surface area contributed by atoms with Crippen LogP contribution in [-0.4, -0.2) is 0 Å². The van der Waals surface area contributed by atoms with E-state index in [9.17, 15) is 13.2 Å². The topological polar surface area (TPSA) is 12.0 Å². The van der Waals surface area contributed by atoms with Crippen LogP contribution >= 0.6 is 0 Å². The SMILES string of the molecule is FC(F)(F)c1ccc(NCc2ccccc2)cc1. The molecule has 0 aliphatic rings. The van der Waals surface area contributed by atoms with Gasteiger partial charge in [-0.15, -0.1) is 0 Å². The molecule has 0 fully saturated rings. The van der Waals surface area contributed by atoms with E-state index in [1.165, 1.54) is 12.1 Å². The summed E-state index contributed by atoms with van der Waals surface area (Å²) < 4.78 is 37.0. The summed E-state index contributed by atoms with van der Waals surface area (Å²) >= 11 is 0. The van der Waals surface area contributed by atoms with Crippen LogP contribution < -0.4 is 5.32 Å². The molecule has 94 valence electrons. The Kier molecular flexibility index (Phi) is 3.55. The maximum atomic E-state index is 12.3. The van der Waals surface area contributed by atoms with Crippen molar-refractivity contribution in [2.24, 2.45) is 0 Å². The van der Waals surface area contributed by atoms with Crippen molar-refractivity contribution in [3.8, 4) is 0 Å². The highest BCUT2D eigenvalue weighted by Gasteiger charge is 2.29. The van der Waals surface area contributed by atoms with Crippen molar-refractivity contribution in [2.75, 3.05) is 5.32 Å². The number of hydrogen-bond donors (Lipinski definition) is 1. The molecule has 2 rings (SSSR count). The van der Waals surface area contributed by atoms with Gasteiger partial charge in [-0.3, -0.25) is 0 Å². The number of anilines is 1. The van der Waals surface area contributed by atoms with Crippen LogP contribution in [0, 0.1) is 0 Å². The standard InChI is InChI=1S/C14H12F3N/c15-14(16,17)12-6-8-13(9-7-12)18-10-11-4-2-1-3-5-11/h1-9,18H,10H2. The number of nitrogens with one attached hydrogen (secondary N) is 1. The van der Waals surface area contributed by atoms with E-state index in [1.807, 2.05) is 30.3 Å². The average molecular weight is 251 g/mol. The van der Waals surface area contributed by atoms with Gasteiger partial charge in [0.2, 0.25) is 0 Å². The van der Waals surface area contributed by atoms with Crippen LogP contribution in [0.5, 0.6) is 0 Å². The molecule has 0 amide bonds. The van der Waals surface area contributed by atoms with Gasteiger partial charge in [0.1, 0.15) is 0 Å². The first-order valence-corrected chi connectivity index (χ1v) is 5.51. The Morgan fingerprint density at radius 2 is 1.44 bits per heavy atom. The Balaban J connectivity index is 1.99. The third-order valence-electron chi connectivity index (χ3n) is 2.55. The van der Waals surface area contributed by atoms with E-state index in [1.54, 1.807) is 0 Å². The normalized spacial score (nSPS) is 11.3. The zero-order valence-electron chi connectivity index (χ0n) is 9.54.